The van der Waals surface area contributed by atoms with Crippen molar-refractivity contribution in [3.8, 4) is 0 Å². The third kappa shape index (κ3) is 7.92. The monoisotopic (exact) mass is 881 g/mol. The van der Waals surface area contributed by atoms with E-state index in [1.807, 2.05) is 21.9 Å². The number of likely N-dealkylation sites (tertiary alicyclic amines) is 1. The fourth-order valence-corrected chi connectivity index (χ4v) is 10.5. The first-order valence-electron chi connectivity index (χ1n) is 22.3. The molecular weight excluding hydrogens is 832 g/mol. The maximum absolute atomic E-state index is 16.0. The highest BCUT2D eigenvalue weighted by molar-refractivity contribution is 6.10. The molecule has 10 rings (SSSR count). The van der Waals surface area contributed by atoms with Crippen molar-refractivity contribution in [2.75, 3.05) is 80.6 Å². The molecule has 0 spiro atoms. The van der Waals surface area contributed by atoms with Crippen molar-refractivity contribution in [3.63, 3.8) is 0 Å². The lowest BCUT2D eigenvalue weighted by molar-refractivity contribution is -0.136. The molecule has 19 heteroatoms. The van der Waals surface area contributed by atoms with E-state index in [4.69, 9.17) is 0 Å². The topological polar surface area (TPSA) is 159 Å². The highest BCUT2D eigenvalue weighted by atomic mass is 19.3. The molecule has 0 aliphatic carbocycles. The number of alkyl halides is 2. The molecule has 336 valence electrons. The van der Waals surface area contributed by atoms with E-state index in [1.54, 1.807) is 35.5 Å². The number of hydrogen-bond acceptors (Lipinski definition) is 11. The third-order valence-electron chi connectivity index (χ3n) is 14.0. The van der Waals surface area contributed by atoms with Gasteiger partial charge in [-0.15, -0.1) is 0 Å². The van der Waals surface area contributed by atoms with Crippen LogP contribution in [0, 0.1) is 11.7 Å². The maximum Gasteiger partial charge on any atom is 0.261 e. The van der Waals surface area contributed by atoms with Crippen molar-refractivity contribution in [1.29, 1.82) is 0 Å². The van der Waals surface area contributed by atoms with Gasteiger partial charge in [0.15, 0.2) is 11.5 Å². The van der Waals surface area contributed by atoms with E-state index in [9.17, 15) is 32.8 Å². The Balaban J connectivity index is 0.756. The Kier molecular flexibility index (Phi) is 11.2. The van der Waals surface area contributed by atoms with Gasteiger partial charge in [-0.1, -0.05) is 0 Å². The smallest absolute Gasteiger partial charge is 0.261 e. The number of rotatable bonds is 10. The van der Waals surface area contributed by atoms with Gasteiger partial charge in [0.05, 0.1) is 36.3 Å². The van der Waals surface area contributed by atoms with Crippen molar-refractivity contribution in [2.45, 2.75) is 70.1 Å². The zero-order valence-corrected chi connectivity index (χ0v) is 35.4. The minimum Gasteiger partial charge on any atom is -0.369 e. The highest BCUT2D eigenvalue weighted by Crippen LogP contribution is 2.39. The van der Waals surface area contributed by atoms with Gasteiger partial charge >= 0.3 is 0 Å². The van der Waals surface area contributed by atoms with Crippen LogP contribution in [-0.2, 0) is 22.7 Å². The molecular formula is C45H50F3N11O5. The van der Waals surface area contributed by atoms with Gasteiger partial charge in [-0.2, -0.15) is 5.10 Å². The first-order chi connectivity index (χ1) is 31.0. The summed E-state index contributed by atoms with van der Waals surface area (Å²) in [5, 5.41) is 9.62. The third-order valence-corrected chi connectivity index (χ3v) is 14.0. The summed E-state index contributed by atoms with van der Waals surface area (Å²) < 4.78 is 43.9. The quantitative estimate of drug-likeness (QED) is 0.224. The summed E-state index contributed by atoms with van der Waals surface area (Å²) in [5.41, 5.74) is 4.37. The van der Waals surface area contributed by atoms with Gasteiger partial charge in [0.2, 0.25) is 11.8 Å². The Hall–Kier alpha value is -6.08. The first-order valence-corrected chi connectivity index (χ1v) is 22.3. The number of nitrogens with one attached hydrogen (secondary N) is 2. The fraction of sp³-hybridized carbons (Fsp3) is 0.489. The van der Waals surface area contributed by atoms with Gasteiger partial charge in [-0.05, 0) is 73.9 Å². The lowest BCUT2D eigenvalue weighted by atomic mass is 9.94. The zero-order valence-electron chi connectivity index (χ0n) is 35.4. The van der Waals surface area contributed by atoms with Crippen molar-refractivity contribution >= 4 is 52.2 Å². The number of aromatic nitrogens is 3. The molecule has 0 saturated carbocycles. The number of hydrogen-bond donors (Lipinski definition) is 2. The SMILES string of the molecule is O=C1CCC(N2Cc3c(ccc(N4CCC(CN5CCC(N6Cc7cc(NC(=O)c8cnn9cccnc89)c(N8CCN(CC(F)F)CC8)cc7C6=O)CC5)CC4)c3F)C2=O)C(=O)N1. The molecule has 4 saturated heterocycles. The number of benzene rings is 2. The number of carbonyl (C=O) groups excluding carboxylic acids is 5. The van der Waals surface area contributed by atoms with Crippen LogP contribution in [0.3, 0.4) is 0 Å². The van der Waals surface area contributed by atoms with Crippen LogP contribution in [0.15, 0.2) is 48.9 Å². The fourth-order valence-electron chi connectivity index (χ4n) is 10.5. The zero-order chi connectivity index (χ0) is 44.2. The van der Waals surface area contributed by atoms with Crippen molar-refractivity contribution in [3.05, 3.63) is 82.6 Å². The molecule has 2 aromatic heterocycles. The van der Waals surface area contributed by atoms with Crippen LogP contribution in [0.2, 0.25) is 0 Å². The largest absolute Gasteiger partial charge is 0.369 e. The summed E-state index contributed by atoms with van der Waals surface area (Å²) in [6.45, 7) is 5.83. The average Bonchev–Trinajstić information content (AvgIpc) is 3.97. The summed E-state index contributed by atoms with van der Waals surface area (Å²) >= 11 is 0. The summed E-state index contributed by atoms with van der Waals surface area (Å²) in [6.07, 6.45) is 6.11. The number of carbonyl (C=O) groups is 5. The average molecular weight is 882 g/mol. The van der Waals surface area contributed by atoms with Crippen LogP contribution in [-0.4, -0.2) is 148 Å². The number of fused-ring (bicyclic) bond motifs is 3. The maximum atomic E-state index is 16.0. The normalized spacial score (nSPS) is 21.7. The van der Waals surface area contributed by atoms with Crippen molar-refractivity contribution < 1.29 is 37.1 Å². The Morgan fingerprint density at radius 1 is 0.828 bits per heavy atom. The van der Waals surface area contributed by atoms with Crippen molar-refractivity contribution in [1.82, 2.24) is 39.5 Å². The predicted molar refractivity (Wildman–Crippen MR) is 229 cm³/mol. The van der Waals surface area contributed by atoms with Gasteiger partial charge in [0, 0.05) is 107 Å². The minimum atomic E-state index is -2.43. The van der Waals surface area contributed by atoms with Gasteiger partial charge in [-0.3, -0.25) is 34.2 Å². The number of piperazine rings is 1. The molecule has 6 aliphatic rings. The lowest BCUT2D eigenvalue weighted by Crippen LogP contribution is -2.52. The molecule has 0 bridgehead atoms. The Morgan fingerprint density at radius 3 is 2.33 bits per heavy atom. The molecule has 4 aromatic rings. The molecule has 0 radical (unpaired) electrons. The molecule has 5 amide bonds. The van der Waals surface area contributed by atoms with Crippen molar-refractivity contribution in [2.24, 2.45) is 5.92 Å². The first kappa shape index (κ1) is 41.9. The Morgan fingerprint density at radius 2 is 1.58 bits per heavy atom. The van der Waals surface area contributed by atoms with Gasteiger partial charge in [0.1, 0.15) is 11.6 Å². The number of amides is 5. The molecule has 16 nitrogen and oxygen atoms in total. The predicted octanol–water partition coefficient (Wildman–Crippen LogP) is 3.61. The van der Waals surface area contributed by atoms with Crippen LogP contribution >= 0.6 is 0 Å². The summed E-state index contributed by atoms with van der Waals surface area (Å²) in [6, 6.07) is 8.04. The van der Waals surface area contributed by atoms with E-state index in [0.717, 1.165) is 50.9 Å². The molecule has 1 atom stereocenters. The molecule has 64 heavy (non-hydrogen) atoms. The second kappa shape index (κ2) is 17.1. The lowest BCUT2D eigenvalue weighted by Gasteiger charge is -2.40. The molecule has 4 fully saturated rings. The molecule has 2 N–H and O–H groups in total. The Labute approximate surface area is 367 Å². The highest BCUT2D eigenvalue weighted by Gasteiger charge is 2.42. The number of anilines is 3. The minimum absolute atomic E-state index is 0.00413. The molecule has 6 aliphatic heterocycles. The Bertz CT molecular complexity index is 2510. The summed E-state index contributed by atoms with van der Waals surface area (Å²) in [4.78, 5) is 81.1. The molecule has 2 aromatic carbocycles. The van der Waals surface area contributed by atoms with E-state index in [0.29, 0.717) is 91.1 Å². The standard InChI is InChI=1S/C45H50F3N11O5/c46-38(47)26-54-16-18-56(19-17-54)37-21-31-28(20-34(37)51-42(61)32-22-50-59-11-1-10-49-41(32)59)24-57(45(31)64)29-8-12-53(13-9-29)23-27-6-14-55(15-7-27)35-3-2-30-33(40(35)48)25-58(44(30)63)36-4-5-39(60)52-43(36)62/h1-3,10-11,20-22,27,29,36,38H,4-9,12-19,23-26H2,(H,51,61)(H,52,60,62). The van der Waals surface area contributed by atoms with Crippen LogP contribution in [0.4, 0.5) is 30.2 Å². The number of nitrogens with zero attached hydrogens (tertiary/aromatic N) is 9. The van der Waals surface area contributed by atoms with E-state index in [2.05, 4.69) is 30.5 Å². The van der Waals surface area contributed by atoms with E-state index in [1.165, 1.54) is 15.6 Å². The van der Waals surface area contributed by atoms with E-state index in [-0.39, 0.29) is 49.4 Å². The number of halogens is 3. The van der Waals surface area contributed by atoms with Crippen LogP contribution in [0.1, 0.15) is 80.7 Å². The number of piperidine rings is 3. The van der Waals surface area contributed by atoms with Gasteiger partial charge in [-0.25, -0.2) is 22.7 Å². The summed E-state index contributed by atoms with van der Waals surface area (Å²) in [7, 11) is 0. The molecule has 1 unspecified atom stereocenters. The van der Waals surface area contributed by atoms with Crippen LogP contribution < -0.4 is 20.4 Å². The van der Waals surface area contributed by atoms with Crippen LogP contribution in [0.25, 0.3) is 5.65 Å². The molecule has 8 heterocycles. The van der Waals surface area contributed by atoms with E-state index >= 15 is 4.39 Å². The second-order valence-corrected chi connectivity index (χ2v) is 17.8. The van der Waals surface area contributed by atoms with Gasteiger partial charge < -0.3 is 29.8 Å². The second-order valence-electron chi connectivity index (χ2n) is 17.8. The number of imide groups is 1. The van der Waals surface area contributed by atoms with E-state index < -0.39 is 36.0 Å². The van der Waals surface area contributed by atoms with Crippen LogP contribution in [0.5, 0.6) is 0 Å². The van der Waals surface area contributed by atoms with Gasteiger partial charge in [0.25, 0.3) is 24.1 Å². The summed E-state index contributed by atoms with van der Waals surface area (Å²) in [5.74, 6) is -1.72.